The summed E-state index contributed by atoms with van der Waals surface area (Å²) >= 11 is 7.50. The summed E-state index contributed by atoms with van der Waals surface area (Å²) in [5.41, 5.74) is 1.98. The number of fused-ring (bicyclic) bond motifs is 1. The van der Waals surface area contributed by atoms with Gasteiger partial charge in [0.1, 0.15) is 11.6 Å². The minimum atomic E-state index is -0.166. The first kappa shape index (κ1) is 13.6. The average Bonchev–Trinajstić information content (AvgIpc) is 3.05. The van der Waals surface area contributed by atoms with Crippen LogP contribution in [0.5, 0.6) is 11.5 Å². The van der Waals surface area contributed by atoms with E-state index in [1.807, 2.05) is 53.9 Å². The van der Waals surface area contributed by atoms with Crippen molar-refractivity contribution < 1.29 is 9.47 Å². The van der Waals surface area contributed by atoms with Crippen LogP contribution in [-0.2, 0) is 0 Å². The van der Waals surface area contributed by atoms with Crippen molar-refractivity contribution in [1.29, 1.82) is 0 Å². The maximum Gasteiger partial charge on any atom is 0.184 e. The molecule has 2 aromatic carbocycles. The van der Waals surface area contributed by atoms with Crippen LogP contribution in [0, 0.1) is 0 Å². The Morgan fingerprint density at radius 1 is 1.05 bits per heavy atom. The summed E-state index contributed by atoms with van der Waals surface area (Å²) < 4.78 is 11.7. The highest BCUT2D eigenvalue weighted by Crippen LogP contribution is 2.37. The van der Waals surface area contributed by atoms with Gasteiger partial charge in [0.15, 0.2) is 17.6 Å². The Morgan fingerprint density at radius 2 is 1.82 bits per heavy atom. The fraction of sp³-hybridized carbons (Fsp3) is 0.118. The summed E-state index contributed by atoms with van der Waals surface area (Å²) in [5.74, 6) is 1.55. The largest absolute Gasteiger partial charge is 0.485 e. The number of aromatic nitrogens is 1. The number of benzene rings is 2. The standard InChI is InChI=1S/C17H12ClNO2S/c18-12-7-5-11(6-8-12)13-10-22-17(19-13)16-9-20-14-3-1-2-4-15(14)21-16/h1-8,10,16H,9H2/t16-/m0/s1. The lowest BCUT2D eigenvalue weighted by molar-refractivity contribution is 0.0911. The van der Waals surface area contributed by atoms with Gasteiger partial charge >= 0.3 is 0 Å². The molecule has 2 heterocycles. The van der Waals surface area contributed by atoms with Crippen LogP contribution in [0.15, 0.2) is 53.9 Å². The van der Waals surface area contributed by atoms with E-state index in [1.165, 1.54) is 0 Å². The van der Waals surface area contributed by atoms with Crippen molar-refractivity contribution in [1.82, 2.24) is 4.98 Å². The van der Waals surface area contributed by atoms with Crippen LogP contribution in [-0.4, -0.2) is 11.6 Å². The van der Waals surface area contributed by atoms with Gasteiger partial charge in [-0.1, -0.05) is 35.9 Å². The molecule has 4 rings (SSSR count). The van der Waals surface area contributed by atoms with Crippen molar-refractivity contribution in [2.45, 2.75) is 6.10 Å². The monoisotopic (exact) mass is 329 g/mol. The molecule has 0 amide bonds. The average molecular weight is 330 g/mol. The molecule has 0 saturated carbocycles. The van der Waals surface area contributed by atoms with Gasteiger partial charge in [-0.2, -0.15) is 0 Å². The zero-order chi connectivity index (χ0) is 14.9. The third-order valence-electron chi connectivity index (χ3n) is 3.45. The molecule has 3 aromatic rings. The van der Waals surface area contributed by atoms with Crippen LogP contribution in [0.3, 0.4) is 0 Å². The number of hydrogen-bond acceptors (Lipinski definition) is 4. The summed E-state index contributed by atoms with van der Waals surface area (Å²) in [4.78, 5) is 4.68. The molecule has 1 aliphatic rings. The molecular weight excluding hydrogens is 318 g/mol. The highest BCUT2D eigenvalue weighted by molar-refractivity contribution is 7.10. The molecule has 0 unspecified atom stereocenters. The predicted octanol–water partition coefficient (Wildman–Crippen LogP) is 4.98. The molecule has 0 N–H and O–H groups in total. The third kappa shape index (κ3) is 2.56. The quantitative estimate of drug-likeness (QED) is 0.664. The molecule has 1 aliphatic heterocycles. The minimum absolute atomic E-state index is 0.166. The Morgan fingerprint density at radius 3 is 2.64 bits per heavy atom. The van der Waals surface area contributed by atoms with Crippen LogP contribution >= 0.6 is 22.9 Å². The van der Waals surface area contributed by atoms with Gasteiger partial charge in [-0.25, -0.2) is 4.98 Å². The zero-order valence-corrected chi connectivity index (χ0v) is 13.1. The molecular formula is C17H12ClNO2S. The topological polar surface area (TPSA) is 31.4 Å². The summed E-state index contributed by atoms with van der Waals surface area (Å²) in [5, 5.41) is 3.67. The molecule has 110 valence electrons. The van der Waals surface area contributed by atoms with E-state index in [4.69, 9.17) is 21.1 Å². The summed E-state index contributed by atoms with van der Waals surface area (Å²) in [7, 11) is 0. The summed E-state index contributed by atoms with van der Waals surface area (Å²) in [6.07, 6.45) is -0.166. The molecule has 0 radical (unpaired) electrons. The highest BCUT2D eigenvalue weighted by atomic mass is 35.5. The first-order chi connectivity index (χ1) is 10.8. The number of thiazole rings is 1. The Balaban J connectivity index is 1.59. The Labute approximate surface area is 137 Å². The number of halogens is 1. The third-order valence-corrected chi connectivity index (χ3v) is 4.63. The number of nitrogens with zero attached hydrogens (tertiary/aromatic N) is 1. The molecule has 0 bridgehead atoms. The molecule has 5 heteroatoms. The molecule has 3 nitrogen and oxygen atoms in total. The van der Waals surface area contributed by atoms with Gasteiger partial charge in [-0.3, -0.25) is 0 Å². The van der Waals surface area contributed by atoms with E-state index in [-0.39, 0.29) is 6.10 Å². The first-order valence-electron chi connectivity index (χ1n) is 6.89. The van der Waals surface area contributed by atoms with E-state index in [9.17, 15) is 0 Å². The Kier molecular flexibility index (Phi) is 3.48. The molecule has 1 atom stereocenters. The van der Waals surface area contributed by atoms with E-state index in [1.54, 1.807) is 11.3 Å². The van der Waals surface area contributed by atoms with Gasteiger partial charge in [0.25, 0.3) is 0 Å². The van der Waals surface area contributed by atoms with Crippen LogP contribution in [0.25, 0.3) is 11.3 Å². The maximum absolute atomic E-state index is 5.99. The molecule has 1 aromatic heterocycles. The lowest BCUT2D eigenvalue weighted by Gasteiger charge is -2.24. The van der Waals surface area contributed by atoms with Crippen LogP contribution in [0.2, 0.25) is 5.02 Å². The van der Waals surface area contributed by atoms with Crippen molar-refractivity contribution in [3.63, 3.8) is 0 Å². The lowest BCUT2D eigenvalue weighted by Crippen LogP contribution is -2.21. The second kappa shape index (κ2) is 5.63. The van der Waals surface area contributed by atoms with Gasteiger partial charge in [-0.15, -0.1) is 11.3 Å². The zero-order valence-electron chi connectivity index (χ0n) is 11.5. The first-order valence-corrected chi connectivity index (χ1v) is 8.15. The van der Waals surface area contributed by atoms with E-state index in [2.05, 4.69) is 4.98 Å². The predicted molar refractivity (Wildman–Crippen MR) is 87.9 cm³/mol. The number of para-hydroxylation sites is 2. The van der Waals surface area contributed by atoms with Gasteiger partial charge in [-0.05, 0) is 24.3 Å². The smallest absolute Gasteiger partial charge is 0.184 e. The number of rotatable bonds is 2. The van der Waals surface area contributed by atoms with E-state index in [0.29, 0.717) is 6.61 Å². The van der Waals surface area contributed by atoms with Crippen LogP contribution in [0.4, 0.5) is 0 Å². The van der Waals surface area contributed by atoms with Crippen LogP contribution < -0.4 is 9.47 Å². The van der Waals surface area contributed by atoms with Crippen molar-refractivity contribution in [2.75, 3.05) is 6.61 Å². The highest BCUT2D eigenvalue weighted by Gasteiger charge is 2.25. The number of ether oxygens (including phenoxy) is 2. The van der Waals surface area contributed by atoms with E-state index < -0.39 is 0 Å². The SMILES string of the molecule is Clc1ccc(-c2csc([C@@H]3COc4ccccc4O3)n2)cc1. The van der Waals surface area contributed by atoms with Crippen molar-refractivity contribution >= 4 is 22.9 Å². The van der Waals surface area contributed by atoms with Crippen molar-refractivity contribution in [2.24, 2.45) is 0 Å². The maximum atomic E-state index is 5.99. The fourth-order valence-electron chi connectivity index (χ4n) is 2.33. The van der Waals surface area contributed by atoms with Gasteiger partial charge in [0, 0.05) is 16.0 Å². The molecule has 0 spiro atoms. The number of hydrogen-bond donors (Lipinski definition) is 0. The van der Waals surface area contributed by atoms with E-state index >= 15 is 0 Å². The molecule has 22 heavy (non-hydrogen) atoms. The second-order valence-corrected chi connectivity index (χ2v) is 6.27. The molecule has 0 saturated heterocycles. The Bertz CT molecular complexity index is 800. The van der Waals surface area contributed by atoms with Gasteiger partial charge < -0.3 is 9.47 Å². The minimum Gasteiger partial charge on any atom is -0.485 e. The van der Waals surface area contributed by atoms with Crippen molar-refractivity contribution in [3.8, 4) is 22.8 Å². The Hall–Kier alpha value is -2.04. The molecule has 0 aliphatic carbocycles. The van der Waals surface area contributed by atoms with Crippen molar-refractivity contribution in [3.05, 3.63) is 63.9 Å². The lowest BCUT2D eigenvalue weighted by atomic mass is 10.2. The fourth-order valence-corrected chi connectivity index (χ4v) is 3.30. The molecule has 0 fully saturated rings. The van der Waals surface area contributed by atoms with Gasteiger partial charge in [0.05, 0.1) is 5.69 Å². The normalized spacial score (nSPS) is 16.5. The van der Waals surface area contributed by atoms with E-state index in [0.717, 1.165) is 32.8 Å². The van der Waals surface area contributed by atoms with Gasteiger partial charge in [0.2, 0.25) is 0 Å². The summed E-state index contributed by atoms with van der Waals surface area (Å²) in [6, 6.07) is 15.4. The van der Waals surface area contributed by atoms with Crippen LogP contribution in [0.1, 0.15) is 11.1 Å². The summed E-state index contributed by atoms with van der Waals surface area (Å²) in [6.45, 7) is 0.477. The second-order valence-electron chi connectivity index (χ2n) is 4.94.